The number of hydrogen-bond acceptors (Lipinski definition) is 6. The van der Waals surface area contributed by atoms with Crippen molar-refractivity contribution in [3.63, 3.8) is 0 Å². The maximum absolute atomic E-state index is 14.0. The molecule has 1 aliphatic rings. The third-order valence-electron chi connectivity index (χ3n) is 6.88. The minimum Gasteiger partial charge on any atom is -0.463 e. The highest BCUT2D eigenvalue weighted by atomic mass is 127. The summed E-state index contributed by atoms with van der Waals surface area (Å²) in [5.41, 5.74) is 6.50. The van der Waals surface area contributed by atoms with Crippen LogP contribution in [0.15, 0.2) is 62.8 Å². The predicted octanol–water partition coefficient (Wildman–Crippen LogP) is 5.96. The lowest BCUT2D eigenvalue weighted by Gasteiger charge is -2.24. The van der Waals surface area contributed by atoms with Crippen molar-refractivity contribution in [1.82, 2.24) is 9.13 Å². The van der Waals surface area contributed by atoms with Gasteiger partial charge in [0, 0.05) is 25.5 Å². The van der Waals surface area contributed by atoms with Crippen molar-refractivity contribution in [3.8, 4) is 5.69 Å². The molecule has 1 aromatic carbocycles. The van der Waals surface area contributed by atoms with E-state index in [0.717, 1.165) is 33.9 Å². The van der Waals surface area contributed by atoms with E-state index in [1.54, 1.807) is 11.5 Å². The zero-order chi connectivity index (χ0) is 27.8. The quantitative estimate of drug-likeness (QED) is 0.180. The minimum absolute atomic E-state index is 0.149. The van der Waals surface area contributed by atoms with Gasteiger partial charge in [-0.15, -0.1) is 11.3 Å². The number of aromatic nitrogens is 2. The van der Waals surface area contributed by atoms with Gasteiger partial charge in [0.05, 0.1) is 22.4 Å². The molecule has 0 fully saturated rings. The second kappa shape index (κ2) is 11.4. The van der Waals surface area contributed by atoms with Crippen LogP contribution >= 0.6 is 45.3 Å². The molecule has 4 heterocycles. The van der Waals surface area contributed by atoms with Crippen molar-refractivity contribution in [2.75, 3.05) is 6.61 Å². The van der Waals surface area contributed by atoms with E-state index in [1.807, 2.05) is 23.6 Å². The van der Waals surface area contributed by atoms with Crippen LogP contribution < -0.4 is 14.9 Å². The number of ether oxygens (including phenoxy) is 1. The first-order valence-corrected chi connectivity index (χ1v) is 15.7. The summed E-state index contributed by atoms with van der Waals surface area (Å²) in [5.74, 6) is -0.409. The Labute approximate surface area is 249 Å². The molecule has 0 spiro atoms. The van der Waals surface area contributed by atoms with Crippen LogP contribution in [-0.4, -0.2) is 21.7 Å². The second-order valence-electron chi connectivity index (χ2n) is 9.52. The molecule has 4 aromatic rings. The first kappa shape index (κ1) is 27.8. The van der Waals surface area contributed by atoms with Gasteiger partial charge in [-0.25, -0.2) is 9.79 Å². The molecular formula is C30H30IN3O3S2. The van der Waals surface area contributed by atoms with Gasteiger partial charge in [0.25, 0.3) is 5.56 Å². The zero-order valence-electron chi connectivity index (χ0n) is 22.6. The Morgan fingerprint density at radius 1 is 1.18 bits per heavy atom. The first-order chi connectivity index (χ1) is 18.7. The number of aryl methyl sites for hydroxylation is 2. The molecule has 1 atom stereocenters. The van der Waals surface area contributed by atoms with E-state index >= 15 is 0 Å². The molecule has 0 amide bonds. The summed E-state index contributed by atoms with van der Waals surface area (Å²) in [6.07, 6.45) is 3.43. The van der Waals surface area contributed by atoms with Crippen molar-refractivity contribution in [3.05, 3.63) is 104 Å². The van der Waals surface area contributed by atoms with Crippen molar-refractivity contribution in [2.45, 2.75) is 53.5 Å². The van der Waals surface area contributed by atoms with E-state index in [2.05, 4.69) is 79.1 Å². The Morgan fingerprint density at radius 3 is 2.64 bits per heavy atom. The molecule has 0 bridgehead atoms. The smallest absolute Gasteiger partial charge is 0.338 e. The number of carbonyl (C=O) groups is 1. The van der Waals surface area contributed by atoms with Crippen LogP contribution in [0.25, 0.3) is 11.8 Å². The molecule has 3 aromatic heterocycles. The van der Waals surface area contributed by atoms with Crippen LogP contribution in [-0.2, 0) is 9.53 Å². The van der Waals surface area contributed by atoms with Gasteiger partial charge in [0.2, 0.25) is 0 Å². The fourth-order valence-electron chi connectivity index (χ4n) is 5.03. The van der Waals surface area contributed by atoms with Crippen molar-refractivity contribution in [2.24, 2.45) is 4.99 Å². The number of allylic oxidation sites excluding steroid dienone is 1. The summed E-state index contributed by atoms with van der Waals surface area (Å²) < 4.78 is 11.2. The molecular weight excluding hydrogens is 641 g/mol. The van der Waals surface area contributed by atoms with Crippen LogP contribution in [0.2, 0.25) is 0 Å². The number of fused-ring (bicyclic) bond motifs is 1. The number of halogens is 1. The van der Waals surface area contributed by atoms with Crippen LogP contribution in [0.3, 0.4) is 0 Å². The molecule has 0 saturated carbocycles. The van der Waals surface area contributed by atoms with Crippen molar-refractivity contribution < 1.29 is 9.53 Å². The van der Waals surface area contributed by atoms with E-state index in [4.69, 9.17) is 9.73 Å². The lowest BCUT2D eigenvalue weighted by Crippen LogP contribution is -2.39. The lowest BCUT2D eigenvalue weighted by molar-refractivity contribution is -0.139. The third kappa shape index (κ3) is 5.12. The highest BCUT2D eigenvalue weighted by Crippen LogP contribution is 2.34. The lowest BCUT2D eigenvalue weighted by atomic mass is 9.99. The molecule has 5 rings (SSSR count). The predicted molar refractivity (Wildman–Crippen MR) is 167 cm³/mol. The number of thiazole rings is 1. The highest BCUT2D eigenvalue weighted by Gasteiger charge is 2.34. The standard InChI is InChI=1S/C30H30IN3O3S2/c1-6-9-23-26(29(36)37-7-2)27(24-10-8-13-38-24)34-28(35)25(39-30(34)32-23)15-20-14-18(4)33(19(20)5)21-12-11-17(3)22(31)16-21/h8,10-16,27H,6-7,9H2,1-5H3/b25-15-/t27-/m1/s1. The van der Waals surface area contributed by atoms with E-state index in [0.29, 0.717) is 27.0 Å². The summed E-state index contributed by atoms with van der Waals surface area (Å²) in [7, 11) is 0. The first-order valence-electron chi connectivity index (χ1n) is 13.0. The summed E-state index contributed by atoms with van der Waals surface area (Å²) in [6.45, 7) is 10.4. The van der Waals surface area contributed by atoms with E-state index < -0.39 is 12.0 Å². The molecule has 0 saturated heterocycles. The minimum atomic E-state index is -0.550. The molecule has 202 valence electrons. The Morgan fingerprint density at radius 2 is 1.97 bits per heavy atom. The summed E-state index contributed by atoms with van der Waals surface area (Å²) in [4.78, 5) is 33.6. The SMILES string of the molecule is CCCC1=C(C(=O)OCC)[C@@H](c2cccs2)n2c(s/c(=C\c3cc(C)n(-c4ccc(C)c(I)c4)c3C)c2=O)=N1. The number of benzene rings is 1. The Bertz CT molecular complexity index is 1770. The molecule has 6 nitrogen and oxygen atoms in total. The van der Waals surface area contributed by atoms with Crippen LogP contribution in [0.5, 0.6) is 0 Å². The largest absolute Gasteiger partial charge is 0.463 e. The molecule has 0 aliphatic carbocycles. The van der Waals surface area contributed by atoms with Gasteiger partial charge < -0.3 is 9.30 Å². The van der Waals surface area contributed by atoms with Gasteiger partial charge in [-0.05, 0) is 104 Å². The second-order valence-corrected chi connectivity index (χ2v) is 12.7. The highest BCUT2D eigenvalue weighted by molar-refractivity contribution is 14.1. The van der Waals surface area contributed by atoms with Crippen molar-refractivity contribution in [1.29, 1.82) is 0 Å². The Hall–Kier alpha value is -2.76. The van der Waals surface area contributed by atoms with Crippen LogP contribution in [0, 0.1) is 24.3 Å². The summed E-state index contributed by atoms with van der Waals surface area (Å²) >= 11 is 5.27. The normalized spacial score (nSPS) is 15.4. The van der Waals surface area contributed by atoms with E-state index in [-0.39, 0.29) is 12.2 Å². The maximum Gasteiger partial charge on any atom is 0.338 e. The topological polar surface area (TPSA) is 65.6 Å². The number of nitrogens with zero attached hydrogens (tertiary/aromatic N) is 3. The van der Waals surface area contributed by atoms with Gasteiger partial charge in [0.15, 0.2) is 4.80 Å². The molecule has 9 heteroatoms. The number of carbonyl (C=O) groups excluding carboxylic acids is 1. The molecule has 39 heavy (non-hydrogen) atoms. The molecule has 1 aliphatic heterocycles. The molecule has 0 N–H and O–H groups in total. The maximum atomic E-state index is 14.0. The Balaban J connectivity index is 1.69. The average Bonchev–Trinajstić information content (AvgIpc) is 3.60. The van der Waals surface area contributed by atoms with E-state index in [9.17, 15) is 9.59 Å². The van der Waals surface area contributed by atoms with Gasteiger partial charge in [0.1, 0.15) is 6.04 Å². The number of rotatable bonds is 7. The Kier molecular flexibility index (Phi) is 8.11. The third-order valence-corrected chi connectivity index (χ3v) is 9.95. The number of hydrogen-bond donors (Lipinski definition) is 0. The fourth-order valence-corrected chi connectivity index (χ4v) is 7.36. The van der Waals surface area contributed by atoms with Crippen molar-refractivity contribution >= 4 is 57.3 Å². The monoisotopic (exact) mass is 671 g/mol. The van der Waals surface area contributed by atoms with Crippen LogP contribution in [0.4, 0.5) is 0 Å². The zero-order valence-corrected chi connectivity index (χ0v) is 26.4. The van der Waals surface area contributed by atoms with Crippen LogP contribution in [0.1, 0.15) is 60.1 Å². The average molecular weight is 672 g/mol. The van der Waals surface area contributed by atoms with Gasteiger partial charge in [-0.2, -0.15) is 0 Å². The fraction of sp³-hybridized carbons (Fsp3) is 0.300. The van der Waals surface area contributed by atoms with Gasteiger partial charge in [-0.3, -0.25) is 9.36 Å². The molecule has 0 radical (unpaired) electrons. The van der Waals surface area contributed by atoms with Gasteiger partial charge >= 0.3 is 5.97 Å². The van der Waals surface area contributed by atoms with E-state index in [1.165, 1.54) is 31.8 Å². The number of esters is 1. The summed E-state index contributed by atoms with van der Waals surface area (Å²) in [6, 6.07) is 11.9. The van der Waals surface area contributed by atoms with Gasteiger partial charge in [-0.1, -0.05) is 36.8 Å². The molecule has 0 unspecified atom stereocenters. The number of thiophene rings is 1. The summed E-state index contributed by atoms with van der Waals surface area (Å²) in [5, 5.41) is 1.97.